The average molecular weight is 374 g/mol. The zero-order valence-corrected chi connectivity index (χ0v) is 15.3. The van der Waals surface area contributed by atoms with Gasteiger partial charge in [0, 0.05) is 12.1 Å². The third-order valence-electron chi connectivity index (χ3n) is 5.50. The minimum atomic E-state index is 0.0214. The van der Waals surface area contributed by atoms with Gasteiger partial charge in [0.1, 0.15) is 18.0 Å². The number of nitrogens with zero attached hydrogens (tertiary/aromatic N) is 7. The molecule has 140 valence electrons. The van der Waals surface area contributed by atoms with Gasteiger partial charge < -0.3 is 9.72 Å². The van der Waals surface area contributed by atoms with Gasteiger partial charge in [0.25, 0.3) is 0 Å². The van der Waals surface area contributed by atoms with Crippen molar-refractivity contribution in [2.24, 2.45) is 5.92 Å². The molecule has 0 saturated heterocycles. The SMILES string of the molecule is CC[C@@H]1C[C@H](Oc2cnc(C#N)cn2)C[C@@H]1c1nnc2cnc3[nH]ccc3n12. The highest BCUT2D eigenvalue weighted by atomic mass is 16.5. The molecular formula is C19H18N8O. The van der Waals surface area contributed by atoms with Crippen molar-refractivity contribution in [1.29, 1.82) is 5.26 Å². The smallest absolute Gasteiger partial charge is 0.232 e. The first-order valence-corrected chi connectivity index (χ1v) is 9.32. The molecule has 1 N–H and O–H groups in total. The number of hydrogen-bond donors (Lipinski definition) is 1. The van der Waals surface area contributed by atoms with E-state index in [2.05, 4.69) is 41.5 Å². The quantitative estimate of drug-likeness (QED) is 0.583. The van der Waals surface area contributed by atoms with Gasteiger partial charge in [0.15, 0.2) is 17.0 Å². The molecule has 0 unspecified atom stereocenters. The first-order valence-electron chi connectivity index (χ1n) is 9.32. The Morgan fingerprint density at radius 1 is 1.21 bits per heavy atom. The molecule has 4 aromatic heterocycles. The van der Waals surface area contributed by atoms with Gasteiger partial charge in [-0.05, 0) is 24.8 Å². The van der Waals surface area contributed by atoms with Crippen LogP contribution in [-0.4, -0.2) is 40.6 Å². The Balaban J connectivity index is 1.46. The van der Waals surface area contributed by atoms with Gasteiger partial charge in [-0.15, -0.1) is 10.2 Å². The highest BCUT2D eigenvalue weighted by Gasteiger charge is 2.38. The summed E-state index contributed by atoms with van der Waals surface area (Å²) in [5, 5.41) is 17.7. The monoisotopic (exact) mass is 374 g/mol. The van der Waals surface area contributed by atoms with Crippen molar-refractivity contribution in [3.63, 3.8) is 0 Å². The molecule has 9 heteroatoms. The Kier molecular flexibility index (Phi) is 3.90. The van der Waals surface area contributed by atoms with E-state index in [9.17, 15) is 0 Å². The number of ether oxygens (including phenoxy) is 1. The van der Waals surface area contributed by atoms with Crippen molar-refractivity contribution >= 4 is 16.8 Å². The van der Waals surface area contributed by atoms with Crippen LogP contribution in [0.25, 0.3) is 16.8 Å². The van der Waals surface area contributed by atoms with Crippen molar-refractivity contribution in [3.05, 3.63) is 42.4 Å². The predicted octanol–water partition coefficient (Wildman–Crippen LogP) is 2.62. The van der Waals surface area contributed by atoms with Crippen molar-refractivity contribution in [2.75, 3.05) is 0 Å². The number of H-pyrrole nitrogens is 1. The van der Waals surface area contributed by atoms with Gasteiger partial charge in [-0.1, -0.05) is 13.3 Å². The minimum absolute atomic E-state index is 0.0214. The van der Waals surface area contributed by atoms with Gasteiger partial charge in [-0.25, -0.2) is 15.0 Å². The van der Waals surface area contributed by atoms with E-state index in [0.717, 1.165) is 41.9 Å². The van der Waals surface area contributed by atoms with Gasteiger partial charge in [-0.3, -0.25) is 4.40 Å². The normalized spacial score (nSPS) is 21.9. The fourth-order valence-corrected chi connectivity index (χ4v) is 4.18. The van der Waals surface area contributed by atoms with Gasteiger partial charge in [0.2, 0.25) is 5.88 Å². The van der Waals surface area contributed by atoms with Crippen LogP contribution in [0.15, 0.2) is 30.9 Å². The second-order valence-corrected chi connectivity index (χ2v) is 7.06. The summed E-state index contributed by atoms with van der Waals surface area (Å²) in [6.45, 7) is 2.19. The third-order valence-corrected chi connectivity index (χ3v) is 5.50. The molecule has 0 aromatic carbocycles. The molecule has 4 heterocycles. The Morgan fingerprint density at radius 3 is 2.93 bits per heavy atom. The van der Waals surface area contributed by atoms with Crippen LogP contribution in [0.4, 0.5) is 0 Å². The maximum absolute atomic E-state index is 8.85. The van der Waals surface area contributed by atoms with Gasteiger partial charge in [-0.2, -0.15) is 5.26 Å². The molecule has 1 fully saturated rings. The number of nitrogens with one attached hydrogen (secondary N) is 1. The summed E-state index contributed by atoms with van der Waals surface area (Å²) in [6, 6.07) is 3.96. The molecule has 0 amide bonds. The van der Waals surface area contributed by atoms with Crippen LogP contribution in [0.1, 0.15) is 43.6 Å². The van der Waals surface area contributed by atoms with Crippen molar-refractivity contribution in [3.8, 4) is 11.9 Å². The van der Waals surface area contributed by atoms with Crippen LogP contribution < -0.4 is 4.74 Å². The number of hydrogen-bond acceptors (Lipinski definition) is 7. The lowest BCUT2D eigenvalue weighted by molar-refractivity contribution is 0.194. The second-order valence-electron chi connectivity index (χ2n) is 7.06. The van der Waals surface area contributed by atoms with E-state index in [1.807, 2.05) is 18.3 Å². The fourth-order valence-electron chi connectivity index (χ4n) is 4.18. The number of rotatable bonds is 4. The van der Waals surface area contributed by atoms with E-state index in [-0.39, 0.29) is 17.7 Å². The molecule has 5 rings (SSSR count). The Bertz CT molecular complexity index is 1170. The maximum atomic E-state index is 8.85. The molecule has 3 atom stereocenters. The Hall–Kier alpha value is -3.54. The second kappa shape index (κ2) is 6.56. The highest BCUT2D eigenvalue weighted by molar-refractivity contribution is 5.74. The van der Waals surface area contributed by atoms with Crippen LogP contribution in [-0.2, 0) is 0 Å². The largest absolute Gasteiger partial charge is 0.473 e. The van der Waals surface area contributed by atoms with E-state index in [0.29, 0.717) is 11.8 Å². The molecule has 9 nitrogen and oxygen atoms in total. The molecule has 1 saturated carbocycles. The van der Waals surface area contributed by atoms with E-state index in [4.69, 9.17) is 10.00 Å². The highest BCUT2D eigenvalue weighted by Crippen LogP contribution is 2.42. The molecular weight excluding hydrogens is 356 g/mol. The van der Waals surface area contributed by atoms with E-state index >= 15 is 0 Å². The van der Waals surface area contributed by atoms with E-state index in [1.54, 1.807) is 6.20 Å². The van der Waals surface area contributed by atoms with Crippen molar-refractivity contribution in [2.45, 2.75) is 38.2 Å². The zero-order valence-electron chi connectivity index (χ0n) is 15.3. The third kappa shape index (κ3) is 2.65. The molecule has 1 aliphatic rings. The Labute approximate surface area is 160 Å². The Morgan fingerprint density at radius 2 is 2.14 bits per heavy atom. The van der Waals surface area contributed by atoms with Crippen LogP contribution in [0, 0.1) is 17.2 Å². The summed E-state index contributed by atoms with van der Waals surface area (Å²) in [6.07, 6.45) is 9.35. The summed E-state index contributed by atoms with van der Waals surface area (Å²) in [4.78, 5) is 15.8. The zero-order chi connectivity index (χ0) is 19.1. The molecule has 28 heavy (non-hydrogen) atoms. The topological polar surface area (TPSA) is 118 Å². The summed E-state index contributed by atoms with van der Waals surface area (Å²) in [7, 11) is 0. The van der Waals surface area contributed by atoms with Crippen LogP contribution in [0.5, 0.6) is 5.88 Å². The standard InChI is InChI=1S/C19H18N8O/c1-2-11-5-13(28-17-10-22-12(7-20)8-23-17)6-14(11)19-26-25-16-9-24-18-15(27(16)19)3-4-21-18/h3-4,8-11,13-14,21H,2,5-6H2,1H3/t11-,13+,14+/m1/s1. The first-order chi connectivity index (χ1) is 13.8. The lowest BCUT2D eigenvalue weighted by Crippen LogP contribution is -2.13. The molecule has 0 aliphatic heterocycles. The average Bonchev–Trinajstić information content (AvgIpc) is 3.45. The molecule has 4 aromatic rings. The summed E-state index contributed by atoms with van der Waals surface area (Å²) in [5.74, 6) is 2.07. The maximum Gasteiger partial charge on any atom is 0.232 e. The van der Waals surface area contributed by atoms with Gasteiger partial charge in [0.05, 0.1) is 24.1 Å². The minimum Gasteiger partial charge on any atom is -0.473 e. The summed E-state index contributed by atoms with van der Waals surface area (Å²) >= 11 is 0. The van der Waals surface area contributed by atoms with Crippen LogP contribution >= 0.6 is 0 Å². The lowest BCUT2D eigenvalue weighted by atomic mass is 9.93. The first kappa shape index (κ1) is 16.6. The van der Waals surface area contributed by atoms with Crippen LogP contribution in [0.3, 0.4) is 0 Å². The number of nitriles is 1. The summed E-state index contributed by atoms with van der Waals surface area (Å²) < 4.78 is 8.15. The van der Waals surface area contributed by atoms with E-state index in [1.165, 1.54) is 12.4 Å². The molecule has 0 bridgehead atoms. The van der Waals surface area contributed by atoms with Gasteiger partial charge >= 0.3 is 0 Å². The lowest BCUT2D eigenvalue weighted by Gasteiger charge is -2.15. The molecule has 0 spiro atoms. The number of aromatic amines is 1. The molecule has 1 aliphatic carbocycles. The fraction of sp³-hybridized carbons (Fsp3) is 0.368. The summed E-state index contributed by atoms with van der Waals surface area (Å²) in [5.41, 5.74) is 2.83. The van der Waals surface area contributed by atoms with Crippen molar-refractivity contribution in [1.82, 2.24) is 34.5 Å². The number of fused-ring (bicyclic) bond motifs is 3. The predicted molar refractivity (Wildman–Crippen MR) is 99.6 cm³/mol. The number of aromatic nitrogens is 7. The van der Waals surface area contributed by atoms with Crippen molar-refractivity contribution < 1.29 is 4.74 Å². The van der Waals surface area contributed by atoms with E-state index < -0.39 is 0 Å². The molecule has 0 radical (unpaired) electrons. The van der Waals surface area contributed by atoms with Crippen LogP contribution in [0.2, 0.25) is 0 Å².